The Kier molecular flexibility index (Phi) is 3.92. The summed E-state index contributed by atoms with van der Waals surface area (Å²) in [4.78, 5) is 24.4. The Balaban J connectivity index is 1.76. The molecule has 1 aliphatic rings. The molecule has 0 fully saturated rings. The molecule has 0 bridgehead atoms. The van der Waals surface area contributed by atoms with Gasteiger partial charge in [0, 0.05) is 30.1 Å². The maximum atomic E-state index is 12.4. The lowest BCUT2D eigenvalue weighted by Gasteiger charge is -2.25. The third-order valence-corrected chi connectivity index (χ3v) is 3.68. The smallest absolute Gasteiger partial charge is 0.268 e. The van der Waals surface area contributed by atoms with Crippen LogP contribution in [0.15, 0.2) is 36.5 Å². The predicted molar refractivity (Wildman–Crippen MR) is 83.9 cm³/mol. The summed E-state index contributed by atoms with van der Waals surface area (Å²) in [5, 5.41) is 5.48. The van der Waals surface area contributed by atoms with E-state index in [0.717, 1.165) is 0 Å². The molecule has 2 aromatic rings. The monoisotopic (exact) mass is 315 g/mol. The number of carbonyl (C=O) groups is 2. The summed E-state index contributed by atoms with van der Waals surface area (Å²) in [6.45, 7) is 0.390. The van der Waals surface area contributed by atoms with Gasteiger partial charge in [-0.25, -0.2) is 0 Å². The molecule has 0 saturated heterocycles. The van der Waals surface area contributed by atoms with Crippen LogP contribution in [0.25, 0.3) is 0 Å². The van der Waals surface area contributed by atoms with Gasteiger partial charge in [-0.05, 0) is 12.1 Å². The molecule has 0 radical (unpaired) electrons. The van der Waals surface area contributed by atoms with Gasteiger partial charge in [0.15, 0.2) is 0 Å². The number of anilines is 1. The van der Waals surface area contributed by atoms with E-state index in [1.165, 1.54) is 14.2 Å². The van der Waals surface area contributed by atoms with Crippen molar-refractivity contribution < 1.29 is 19.1 Å². The number of ether oxygens (including phenoxy) is 2. The maximum Gasteiger partial charge on any atom is 0.268 e. The number of nitrogens with one attached hydrogen (secondary N) is 2. The van der Waals surface area contributed by atoms with Gasteiger partial charge in [0.2, 0.25) is 5.91 Å². The zero-order chi connectivity index (χ0) is 16.4. The number of benzene rings is 1. The minimum atomic E-state index is -0.639. The maximum absolute atomic E-state index is 12.4. The van der Waals surface area contributed by atoms with Gasteiger partial charge < -0.3 is 24.7 Å². The molecule has 0 spiro atoms. The van der Waals surface area contributed by atoms with Crippen molar-refractivity contribution in [1.29, 1.82) is 0 Å². The van der Waals surface area contributed by atoms with E-state index in [-0.39, 0.29) is 11.8 Å². The van der Waals surface area contributed by atoms with Crippen molar-refractivity contribution in [3.05, 3.63) is 42.2 Å². The normalized spacial score (nSPS) is 16.3. The summed E-state index contributed by atoms with van der Waals surface area (Å²) in [6, 6.07) is 7.95. The first-order chi connectivity index (χ1) is 11.1. The summed E-state index contributed by atoms with van der Waals surface area (Å²) >= 11 is 0. The fraction of sp³-hybridized carbons (Fsp3) is 0.250. The number of fused-ring (bicyclic) bond motifs is 1. The third kappa shape index (κ3) is 2.98. The highest BCUT2D eigenvalue weighted by Gasteiger charge is 2.28. The number of amides is 2. The van der Waals surface area contributed by atoms with Crippen molar-refractivity contribution in [3.63, 3.8) is 0 Å². The summed E-state index contributed by atoms with van der Waals surface area (Å²) in [7, 11) is 3.07. The highest BCUT2D eigenvalue weighted by atomic mass is 16.5. The number of methoxy groups -OCH3 is 2. The van der Waals surface area contributed by atoms with Gasteiger partial charge in [-0.2, -0.15) is 0 Å². The first-order valence-corrected chi connectivity index (χ1v) is 7.10. The zero-order valence-corrected chi connectivity index (χ0v) is 12.8. The van der Waals surface area contributed by atoms with Gasteiger partial charge >= 0.3 is 0 Å². The number of rotatable bonds is 4. The average Bonchev–Trinajstić information content (AvgIpc) is 3.03. The van der Waals surface area contributed by atoms with E-state index in [1.54, 1.807) is 41.1 Å². The summed E-state index contributed by atoms with van der Waals surface area (Å²) in [5.74, 6) is 0.581. The third-order valence-electron chi connectivity index (χ3n) is 3.68. The Labute approximate surface area is 133 Å². The van der Waals surface area contributed by atoms with E-state index in [1.807, 2.05) is 0 Å². The highest BCUT2D eigenvalue weighted by Crippen LogP contribution is 2.26. The molecule has 1 aromatic carbocycles. The van der Waals surface area contributed by atoms with Crippen molar-refractivity contribution in [2.75, 3.05) is 19.5 Å². The molecule has 1 aromatic heterocycles. The number of nitrogens with zero attached hydrogens (tertiary/aromatic N) is 1. The Bertz CT molecular complexity index is 731. The molecule has 1 aliphatic heterocycles. The topological polar surface area (TPSA) is 81.6 Å². The van der Waals surface area contributed by atoms with Gasteiger partial charge in [-0.15, -0.1) is 0 Å². The molecule has 120 valence electrons. The van der Waals surface area contributed by atoms with Crippen molar-refractivity contribution in [2.24, 2.45) is 0 Å². The molecule has 1 atom stereocenters. The van der Waals surface area contributed by atoms with Gasteiger partial charge in [-0.3, -0.25) is 9.59 Å². The van der Waals surface area contributed by atoms with Crippen LogP contribution in [-0.2, 0) is 11.3 Å². The molecule has 7 nitrogen and oxygen atoms in total. The van der Waals surface area contributed by atoms with Crippen LogP contribution in [0.3, 0.4) is 0 Å². The van der Waals surface area contributed by atoms with Crippen LogP contribution >= 0.6 is 0 Å². The molecule has 0 unspecified atom stereocenters. The molecule has 0 saturated carbocycles. The minimum absolute atomic E-state index is 0.260. The fourth-order valence-corrected chi connectivity index (χ4v) is 2.51. The Morgan fingerprint density at radius 2 is 1.96 bits per heavy atom. The predicted octanol–water partition coefficient (Wildman–Crippen LogP) is 1.26. The van der Waals surface area contributed by atoms with Gasteiger partial charge in [0.1, 0.15) is 23.2 Å². The SMILES string of the molecule is COc1cc(NC(=O)[C@@H]2Cn3cccc3C(=O)N2)cc(OC)c1. The molecule has 3 rings (SSSR count). The van der Waals surface area contributed by atoms with Crippen molar-refractivity contribution in [3.8, 4) is 11.5 Å². The first kappa shape index (κ1) is 15.0. The molecule has 7 heteroatoms. The number of aromatic nitrogens is 1. The van der Waals surface area contributed by atoms with E-state index in [0.29, 0.717) is 29.4 Å². The van der Waals surface area contributed by atoms with Crippen LogP contribution < -0.4 is 20.1 Å². The summed E-state index contributed by atoms with van der Waals surface area (Å²) in [6.07, 6.45) is 1.78. The van der Waals surface area contributed by atoms with Crippen LogP contribution in [-0.4, -0.2) is 36.6 Å². The van der Waals surface area contributed by atoms with Crippen molar-refractivity contribution in [2.45, 2.75) is 12.6 Å². The van der Waals surface area contributed by atoms with E-state index >= 15 is 0 Å². The lowest BCUT2D eigenvalue weighted by molar-refractivity contribution is -0.118. The Hall–Kier alpha value is -2.96. The van der Waals surface area contributed by atoms with Gasteiger partial charge in [-0.1, -0.05) is 0 Å². The number of carbonyl (C=O) groups excluding carboxylic acids is 2. The summed E-state index contributed by atoms with van der Waals surface area (Å²) < 4.78 is 12.1. The molecule has 2 N–H and O–H groups in total. The van der Waals surface area contributed by atoms with E-state index in [4.69, 9.17) is 9.47 Å². The molecular weight excluding hydrogens is 298 g/mol. The van der Waals surface area contributed by atoms with E-state index in [9.17, 15) is 9.59 Å². The lowest BCUT2D eigenvalue weighted by atomic mass is 10.2. The van der Waals surface area contributed by atoms with Crippen molar-refractivity contribution in [1.82, 2.24) is 9.88 Å². The van der Waals surface area contributed by atoms with Crippen LogP contribution in [0.4, 0.5) is 5.69 Å². The quantitative estimate of drug-likeness (QED) is 0.890. The second-order valence-electron chi connectivity index (χ2n) is 5.16. The highest BCUT2D eigenvalue weighted by molar-refractivity contribution is 6.01. The minimum Gasteiger partial charge on any atom is -0.497 e. The molecule has 2 heterocycles. The van der Waals surface area contributed by atoms with E-state index in [2.05, 4.69) is 10.6 Å². The van der Waals surface area contributed by atoms with Gasteiger partial charge in [0.25, 0.3) is 5.91 Å². The number of hydrogen-bond acceptors (Lipinski definition) is 4. The van der Waals surface area contributed by atoms with Crippen LogP contribution in [0.5, 0.6) is 11.5 Å². The fourth-order valence-electron chi connectivity index (χ4n) is 2.51. The van der Waals surface area contributed by atoms with E-state index < -0.39 is 6.04 Å². The Morgan fingerprint density at radius 3 is 2.61 bits per heavy atom. The lowest BCUT2D eigenvalue weighted by Crippen LogP contribution is -2.50. The second-order valence-corrected chi connectivity index (χ2v) is 5.16. The van der Waals surface area contributed by atoms with Crippen LogP contribution in [0.1, 0.15) is 10.5 Å². The van der Waals surface area contributed by atoms with Gasteiger partial charge in [0.05, 0.1) is 20.8 Å². The van der Waals surface area contributed by atoms with Crippen molar-refractivity contribution >= 4 is 17.5 Å². The Morgan fingerprint density at radius 1 is 1.26 bits per heavy atom. The van der Waals surface area contributed by atoms with Crippen LogP contribution in [0, 0.1) is 0 Å². The number of hydrogen-bond donors (Lipinski definition) is 2. The van der Waals surface area contributed by atoms with Crippen LogP contribution in [0.2, 0.25) is 0 Å². The summed E-state index contributed by atoms with van der Waals surface area (Å²) in [5.41, 5.74) is 1.09. The first-order valence-electron chi connectivity index (χ1n) is 7.10. The molecular formula is C16H17N3O4. The standard InChI is InChI=1S/C16H17N3O4/c1-22-11-6-10(7-12(8-11)23-2)17-15(20)13-9-19-5-3-4-14(19)16(21)18-13/h3-8,13H,9H2,1-2H3,(H,17,20)(H,18,21)/t13-/m0/s1. The molecule has 0 aliphatic carbocycles. The largest absolute Gasteiger partial charge is 0.497 e. The molecule has 2 amide bonds. The zero-order valence-electron chi connectivity index (χ0n) is 12.8. The average molecular weight is 315 g/mol. The molecule has 23 heavy (non-hydrogen) atoms. The second kappa shape index (κ2) is 6.04.